The zero-order chi connectivity index (χ0) is 5.86. The molecule has 0 aromatic carbocycles. The van der Waals surface area contributed by atoms with Crippen LogP contribution in [0.1, 0.15) is 0 Å². The Morgan fingerprint density at radius 1 is 1.57 bits per heavy atom. The zero-order valence-corrected chi connectivity index (χ0v) is 4.57. The summed E-state index contributed by atoms with van der Waals surface area (Å²) < 4.78 is 3.95. The molecule has 0 radical (unpaired) electrons. The van der Waals surface area contributed by atoms with Crippen molar-refractivity contribution in [3.8, 4) is 0 Å². The van der Waals surface area contributed by atoms with E-state index in [0.717, 1.165) is 7.11 Å². The van der Waals surface area contributed by atoms with Crippen LogP contribution in [-0.4, -0.2) is 18.2 Å². The van der Waals surface area contributed by atoms with Crippen LogP contribution in [0.25, 0.3) is 0 Å². The van der Waals surface area contributed by atoms with Gasteiger partial charge in [-0.1, -0.05) is 12.6 Å². The Kier molecular flexibility index (Phi) is 2.44. The molecular formula is C3H4O3S. The Morgan fingerprint density at radius 3 is 2.00 bits per heavy atom. The van der Waals surface area contributed by atoms with E-state index in [1.54, 1.807) is 0 Å². The van der Waals surface area contributed by atoms with Crippen LogP contribution in [-0.2, 0) is 14.3 Å². The van der Waals surface area contributed by atoms with Gasteiger partial charge in [0.2, 0.25) is 0 Å². The number of carbonyl (C=O) groups is 2. The van der Waals surface area contributed by atoms with Crippen molar-refractivity contribution in [1.29, 1.82) is 0 Å². The first kappa shape index (κ1) is 6.49. The number of rotatable bonds is 1. The van der Waals surface area contributed by atoms with Gasteiger partial charge in [0.1, 0.15) is 0 Å². The Bertz CT molecular complexity index is 98.4. The summed E-state index contributed by atoms with van der Waals surface area (Å²) in [5.74, 6) is -0.927. The smallest absolute Gasteiger partial charge is 0.385 e. The lowest BCUT2D eigenvalue weighted by molar-refractivity contribution is -0.147. The summed E-state index contributed by atoms with van der Waals surface area (Å²) in [5, 5.41) is -0.873. The van der Waals surface area contributed by atoms with Gasteiger partial charge in [-0.3, -0.25) is 4.79 Å². The van der Waals surface area contributed by atoms with Gasteiger partial charge in [0, 0.05) is 0 Å². The van der Waals surface area contributed by atoms with Crippen LogP contribution in [0.15, 0.2) is 0 Å². The van der Waals surface area contributed by atoms with Crippen LogP contribution in [0, 0.1) is 0 Å². The minimum atomic E-state index is -0.927. The minimum absolute atomic E-state index is 0.873. The molecule has 0 saturated carbocycles. The summed E-state index contributed by atoms with van der Waals surface area (Å²) in [6.45, 7) is 0. The maximum atomic E-state index is 9.86. The average Bonchev–Trinajstić information content (AvgIpc) is 1.65. The van der Waals surface area contributed by atoms with Crippen molar-refractivity contribution in [2.45, 2.75) is 0 Å². The first-order chi connectivity index (χ1) is 3.18. The molecule has 0 rings (SSSR count). The molecule has 0 aromatic heterocycles. The van der Waals surface area contributed by atoms with E-state index in [1.165, 1.54) is 0 Å². The third-order valence-electron chi connectivity index (χ3n) is 0.360. The number of hydrogen-bond donors (Lipinski definition) is 1. The number of hydrogen-bond acceptors (Lipinski definition) is 3. The van der Waals surface area contributed by atoms with Crippen LogP contribution >= 0.6 is 12.6 Å². The highest BCUT2D eigenvalue weighted by Crippen LogP contribution is 1.79. The van der Waals surface area contributed by atoms with E-state index >= 15 is 0 Å². The van der Waals surface area contributed by atoms with Gasteiger partial charge in [-0.25, -0.2) is 4.79 Å². The molecule has 3 nitrogen and oxygen atoms in total. The van der Waals surface area contributed by atoms with Crippen molar-refractivity contribution in [3.05, 3.63) is 0 Å². The van der Waals surface area contributed by atoms with Crippen molar-refractivity contribution in [2.24, 2.45) is 0 Å². The van der Waals surface area contributed by atoms with Crippen molar-refractivity contribution >= 4 is 23.7 Å². The van der Waals surface area contributed by atoms with E-state index in [1.807, 2.05) is 0 Å². The van der Waals surface area contributed by atoms with Crippen LogP contribution in [0.4, 0.5) is 0 Å². The van der Waals surface area contributed by atoms with Crippen molar-refractivity contribution in [1.82, 2.24) is 0 Å². The molecule has 0 N–H and O–H groups in total. The quantitative estimate of drug-likeness (QED) is 0.291. The summed E-state index contributed by atoms with van der Waals surface area (Å²) in [4.78, 5) is 19.6. The van der Waals surface area contributed by atoms with Gasteiger partial charge in [-0.2, -0.15) is 0 Å². The van der Waals surface area contributed by atoms with Crippen molar-refractivity contribution in [2.75, 3.05) is 7.11 Å². The molecule has 0 saturated heterocycles. The predicted octanol–water partition coefficient (Wildman–Crippen LogP) is -0.384. The van der Waals surface area contributed by atoms with Crippen LogP contribution in [0.5, 0.6) is 0 Å². The summed E-state index contributed by atoms with van der Waals surface area (Å²) in [7, 11) is 1.12. The summed E-state index contributed by atoms with van der Waals surface area (Å²) in [6.07, 6.45) is 0. The molecule has 0 bridgehead atoms. The minimum Gasteiger partial charge on any atom is -0.463 e. The van der Waals surface area contributed by atoms with Gasteiger partial charge in [0.05, 0.1) is 7.11 Å². The normalized spacial score (nSPS) is 7.71. The third kappa shape index (κ3) is 2.22. The number of methoxy groups -OCH3 is 1. The maximum absolute atomic E-state index is 9.86. The molecule has 0 aliphatic heterocycles. The highest BCUT2D eigenvalue weighted by molar-refractivity contribution is 7.98. The van der Waals surface area contributed by atoms with Gasteiger partial charge in [-0.05, 0) is 0 Å². The van der Waals surface area contributed by atoms with E-state index in [9.17, 15) is 9.59 Å². The fourth-order valence-electron chi connectivity index (χ4n) is 0.0873. The molecule has 40 valence electrons. The highest BCUT2D eigenvalue weighted by atomic mass is 32.1. The topological polar surface area (TPSA) is 43.4 Å². The number of carbonyl (C=O) groups excluding carboxylic acids is 2. The summed E-state index contributed by atoms with van der Waals surface area (Å²) in [5.41, 5.74) is 0. The maximum Gasteiger partial charge on any atom is 0.385 e. The molecule has 0 unspecified atom stereocenters. The molecule has 0 aromatic rings. The molecule has 7 heavy (non-hydrogen) atoms. The lowest BCUT2D eigenvalue weighted by Crippen LogP contribution is -2.07. The van der Waals surface area contributed by atoms with Crippen LogP contribution in [0.3, 0.4) is 0 Å². The molecule has 4 heteroatoms. The highest BCUT2D eigenvalue weighted by Gasteiger charge is 2.05. The van der Waals surface area contributed by atoms with E-state index in [4.69, 9.17) is 0 Å². The number of ether oxygens (including phenoxy) is 1. The summed E-state index contributed by atoms with van der Waals surface area (Å²) in [6, 6.07) is 0. The standard InChI is InChI=1S/C3H4O3S/c1-6-2(4)3(5)7/h1H3,(H,5,7). The zero-order valence-electron chi connectivity index (χ0n) is 3.67. The largest absolute Gasteiger partial charge is 0.463 e. The number of esters is 1. The molecule has 0 fully saturated rings. The Hall–Kier alpha value is -0.510. The van der Waals surface area contributed by atoms with E-state index in [2.05, 4.69) is 17.4 Å². The molecule has 0 amide bonds. The second-order valence-corrected chi connectivity index (χ2v) is 1.20. The van der Waals surface area contributed by atoms with E-state index < -0.39 is 11.1 Å². The van der Waals surface area contributed by atoms with Crippen LogP contribution < -0.4 is 0 Å². The fraction of sp³-hybridized carbons (Fsp3) is 0.333. The van der Waals surface area contributed by atoms with Gasteiger partial charge in [0.15, 0.2) is 0 Å². The van der Waals surface area contributed by atoms with E-state index in [0.29, 0.717) is 0 Å². The molecule has 0 heterocycles. The molecule has 0 aliphatic carbocycles. The SMILES string of the molecule is COC(=O)C(=O)S. The lowest BCUT2D eigenvalue weighted by atomic mass is 10.8. The lowest BCUT2D eigenvalue weighted by Gasteiger charge is -1.85. The predicted molar refractivity (Wildman–Crippen MR) is 26.0 cm³/mol. The number of thiol groups is 1. The van der Waals surface area contributed by atoms with Gasteiger partial charge >= 0.3 is 5.97 Å². The molecule has 0 aliphatic rings. The second-order valence-electron chi connectivity index (χ2n) is 0.797. The van der Waals surface area contributed by atoms with Crippen LogP contribution in [0.2, 0.25) is 0 Å². The molecule has 0 atom stereocenters. The Balaban J connectivity index is 3.58. The molecular weight excluding hydrogens is 116 g/mol. The Labute approximate surface area is 46.1 Å². The fourth-order valence-corrected chi connectivity index (χ4v) is 0.179. The van der Waals surface area contributed by atoms with E-state index in [-0.39, 0.29) is 0 Å². The first-order valence-electron chi connectivity index (χ1n) is 1.49. The monoisotopic (exact) mass is 120 g/mol. The first-order valence-corrected chi connectivity index (χ1v) is 1.94. The van der Waals surface area contributed by atoms with Crippen molar-refractivity contribution in [3.63, 3.8) is 0 Å². The molecule has 0 spiro atoms. The Morgan fingerprint density at radius 2 is 2.00 bits per heavy atom. The van der Waals surface area contributed by atoms with Gasteiger partial charge in [0.25, 0.3) is 5.12 Å². The second kappa shape index (κ2) is 2.63. The van der Waals surface area contributed by atoms with Gasteiger partial charge in [-0.15, -0.1) is 0 Å². The van der Waals surface area contributed by atoms with Crippen molar-refractivity contribution < 1.29 is 14.3 Å². The van der Waals surface area contributed by atoms with Gasteiger partial charge < -0.3 is 4.74 Å². The third-order valence-corrected chi connectivity index (χ3v) is 0.543. The average molecular weight is 120 g/mol. The summed E-state index contributed by atoms with van der Waals surface area (Å²) >= 11 is 3.16.